The fourth-order valence-electron chi connectivity index (χ4n) is 2.20. The largest absolute Gasteiger partial charge is 0.478 e. The van der Waals surface area contributed by atoms with Gasteiger partial charge in [-0.2, -0.15) is 0 Å². The number of aliphatic hydroxyl groups excluding tert-OH is 2. The predicted octanol–water partition coefficient (Wildman–Crippen LogP) is 1.60. The third kappa shape index (κ3) is 5.97. The second-order valence-electron chi connectivity index (χ2n) is 6.53. The molecule has 1 rings (SSSR count). The van der Waals surface area contributed by atoms with Crippen LogP contribution in [0.2, 0.25) is 0 Å². The van der Waals surface area contributed by atoms with Crippen LogP contribution in [0.3, 0.4) is 0 Å². The second-order valence-corrected chi connectivity index (χ2v) is 6.53. The number of aliphatic hydroxyl groups is 2. The fourth-order valence-corrected chi connectivity index (χ4v) is 2.20. The lowest BCUT2D eigenvalue weighted by Gasteiger charge is -2.21. The number of carboxylic acids is 1. The molecule has 0 fully saturated rings. The minimum Gasteiger partial charge on any atom is -0.478 e. The number of aromatic carboxylic acids is 1. The first kappa shape index (κ1) is 21.3. The van der Waals surface area contributed by atoms with E-state index in [0.717, 1.165) is 12.1 Å². The van der Waals surface area contributed by atoms with Crippen molar-refractivity contribution in [1.29, 1.82) is 0 Å². The molecule has 0 aliphatic rings. The zero-order chi connectivity index (χ0) is 20.1. The molecule has 0 heterocycles. The maximum Gasteiger partial charge on any atom is 0.407 e. The van der Waals surface area contributed by atoms with Crippen molar-refractivity contribution in [3.8, 4) is 0 Å². The summed E-state index contributed by atoms with van der Waals surface area (Å²) < 4.78 is 5.00. The molecule has 0 saturated heterocycles. The van der Waals surface area contributed by atoms with Crippen molar-refractivity contribution in [2.75, 3.05) is 6.54 Å². The molecule has 4 N–H and O–H groups in total. The number of rotatable bonds is 7. The number of ether oxygens (including phenoxy) is 1. The number of nitrogens with zero attached hydrogens (tertiary/aromatic N) is 1. The van der Waals surface area contributed by atoms with Gasteiger partial charge in [0.2, 0.25) is 0 Å². The first-order chi connectivity index (χ1) is 11.9. The van der Waals surface area contributed by atoms with Gasteiger partial charge in [-0.1, -0.05) is 6.07 Å². The van der Waals surface area contributed by atoms with E-state index in [0.29, 0.717) is 0 Å². The van der Waals surface area contributed by atoms with Crippen LogP contribution < -0.4 is 5.32 Å². The lowest BCUT2D eigenvalue weighted by molar-refractivity contribution is -0.386. The predicted molar refractivity (Wildman–Crippen MR) is 89.9 cm³/mol. The Balaban J connectivity index is 2.86. The fraction of sp³-hybridized carbons (Fsp3) is 0.500. The van der Waals surface area contributed by atoms with Crippen LogP contribution in [0.15, 0.2) is 18.2 Å². The number of nitro benzene ring substituents is 1. The Morgan fingerprint density at radius 1 is 1.31 bits per heavy atom. The quantitative estimate of drug-likeness (QED) is 0.416. The number of benzene rings is 1. The van der Waals surface area contributed by atoms with E-state index < -0.39 is 51.6 Å². The van der Waals surface area contributed by atoms with Gasteiger partial charge in [0, 0.05) is 12.6 Å². The molecule has 0 radical (unpaired) electrons. The molecule has 0 bridgehead atoms. The van der Waals surface area contributed by atoms with Gasteiger partial charge in [0.25, 0.3) is 5.69 Å². The highest BCUT2D eigenvalue weighted by atomic mass is 16.6. The number of nitro groups is 1. The molecule has 26 heavy (non-hydrogen) atoms. The van der Waals surface area contributed by atoms with E-state index >= 15 is 0 Å². The van der Waals surface area contributed by atoms with Gasteiger partial charge >= 0.3 is 12.1 Å². The lowest BCUT2D eigenvalue weighted by atomic mass is 9.95. The van der Waals surface area contributed by atoms with E-state index in [2.05, 4.69) is 5.32 Å². The third-order valence-electron chi connectivity index (χ3n) is 3.28. The van der Waals surface area contributed by atoms with Crippen LogP contribution in [-0.4, -0.2) is 50.6 Å². The van der Waals surface area contributed by atoms with Crippen molar-refractivity contribution in [3.63, 3.8) is 0 Å². The van der Waals surface area contributed by atoms with Crippen molar-refractivity contribution < 1.29 is 34.6 Å². The Kier molecular flexibility index (Phi) is 7.04. The van der Waals surface area contributed by atoms with Crippen LogP contribution in [0.5, 0.6) is 0 Å². The van der Waals surface area contributed by atoms with Crippen molar-refractivity contribution in [3.05, 3.63) is 39.4 Å². The Hall–Kier alpha value is -2.72. The highest BCUT2D eigenvalue weighted by molar-refractivity contribution is 5.91. The van der Waals surface area contributed by atoms with E-state index in [9.17, 15) is 35.0 Å². The van der Waals surface area contributed by atoms with Gasteiger partial charge in [-0.15, -0.1) is 0 Å². The maximum atomic E-state index is 11.5. The topological polar surface area (TPSA) is 159 Å². The van der Waals surface area contributed by atoms with Gasteiger partial charge in [-0.3, -0.25) is 10.1 Å². The summed E-state index contributed by atoms with van der Waals surface area (Å²) in [4.78, 5) is 33.1. The van der Waals surface area contributed by atoms with Crippen LogP contribution in [0, 0.1) is 10.1 Å². The SMILES string of the molecule is CC(C)(C)OC(=O)NCCC(O)C(O)c1c(C(=O)O)cccc1[N+](=O)[O-]. The van der Waals surface area contributed by atoms with E-state index in [-0.39, 0.29) is 13.0 Å². The highest BCUT2D eigenvalue weighted by Crippen LogP contribution is 2.31. The molecular formula is C16H22N2O8. The normalized spacial score (nSPS) is 13.6. The number of hydrogen-bond donors (Lipinski definition) is 4. The molecule has 0 saturated carbocycles. The summed E-state index contributed by atoms with van der Waals surface area (Å²) in [7, 11) is 0. The maximum absolute atomic E-state index is 11.5. The van der Waals surface area contributed by atoms with E-state index in [1.54, 1.807) is 20.8 Å². The average Bonchev–Trinajstić information content (AvgIpc) is 2.51. The summed E-state index contributed by atoms with van der Waals surface area (Å²) in [5.74, 6) is -1.47. The third-order valence-corrected chi connectivity index (χ3v) is 3.28. The average molecular weight is 370 g/mol. The van der Waals surface area contributed by atoms with E-state index in [1.807, 2.05) is 0 Å². The highest BCUT2D eigenvalue weighted by Gasteiger charge is 2.31. The zero-order valence-electron chi connectivity index (χ0n) is 14.6. The van der Waals surface area contributed by atoms with E-state index in [4.69, 9.17) is 4.74 Å². The van der Waals surface area contributed by atoms with Crippen molar-refractivity contribution in [2.45, 2.75) is 45.0 Å². The first-order valence-electron chi connectivity index (χ1n) is 7.77. The van der Waals surface area contributed by atoms with Gasteiger partial charge in [-0.25, -0.2) is 9.59 Å². The summed E-state index contributed by atoms with van der Waals surface area (Å²) in [5.41, 5.74) is -2.29. The Morgan fingerprint density at radius 3 is 2.42 bits per heavy atom. The summed E-state index contributed by atoms with van der Waals surface area (Å²) >= 11 is 0. The number of nitrogens with one attached hydrogen (secondary N) is 1. The molecule has 1 aromatic carbocycles. The smallest absolute Gasteiger partial charge is 0.407 e. The molecule has 144 valence electrons. The van der Waals surface area contributed by atoms with Crippen LogP contribution in [0.1, 0.15) is 49.2 Å². The van der Waals surface area contributed by atoms with Crippen LogP contribution >= 0.6 is 0 Å². The van der Waals surface area contributed by atoms with Crippen molar-refractivity contribution >= 4 is 17.7 Å². The molecule has 0 aliphatic heterocycles. The summed E-state index contributed by atoms with van der Waals surface area (Å²) in [6, 6.07) is 3.31. The number of carboxylic acid groups (broad SMARTS) is 1. The van der Waals surface area contributed by atoms with Gasteiger partial charge in [0.15, 0.2) is 0 Å². The van der Waals surface area contributed by atoms with Crippen molar-refractivity contribution in [2.24, 2.45) is 0 Å². The zero-order valence-corrected chi connectivity index (χ0v) is 14.6. The van der Waals surface area contributed by atoms with Crippen molar-refractivity contribution in [1.82, 2.24) is 5.32 Å². The second kappa shape index (κ2) is 8.59. The summed E-state index contributed by atoms with van der Waals surface area (Å²) in [6.07, 6.45) is -4.26. The van der Waals surface area contributed by atoms with Gasteiger partial charge in [0.05, 0.1) is 22.2 Å². The molecule has 2 unspecified atom stereocenters. The standard InChI is InChI=1S/C16H22N2O8/c1-16(2,3)26-15(23)17-8-7-11(19)13(20)12-9(14(21)22)5-4-6-10(12)18(24)25/h4-6,11,13,19-20H,7-8H2,1-3H3,(H,17,23)(H,21,22). The number of carbonyl (C=O) groups is 2. The van der Waals surface area contributed by atoms with Gasteiger partial charge in [0.1, 0.15) is 11.7 Å². The number of hydrogen-bond acceptors (Lipinski definition) is 7. The minimum absolute atomic E-state index is 0.0871. The minimum atomic E-state index is -1.82. The molecule has 0 spiro atoms. The lowest BCUT2D eigenvalue weighted by Crippen LogP contribution is -2.35. The summed E-state index contributed by atoms with van der Waals surface area (Å²) in [6.45, 7) is 4.93. The molecule has 1 aromatic rings. The number of carbonyl (C=O) groups excluding carboxylic acids is 1. The van der Waals surface area contributed by atoms with Gasteiger partial charge in [-0.05, 0) is 33.3 Å². The summed E-state index contributed by atoms with van der Waals surface area (Å²) in [5, 5.41) is 43.0. The molecule has 10 heteroatoms. The molecule has 1 amide bonds. The molecule has 0 aromatic heterocycles. The van der Waals surface area contributed by atoms with Gasteiger partial charge < -0.3 is 25.4 Å². The number of alkyl carbamates (subject to hydrolysis) is 1. The monoisotopic (exact) mass is 370 g/mol. The molecule has 2 atom stereocenters. The molecule has 0 aliphatic carbocycles. The van der Waals surface area contributed by atoms with Crippen LogP contribution in [0.4, 0.5) is 10.5 Å². The van der Waals surface area contributed by atoms with Crippen LogP contribution in [-0.2, 0) is 4.74 Å². The Bertz CT molecular complexity index is 651. The van der Waals surface area contributed by atoms with Crippen LogP contribution in [0.25, 0.3) is 0 Å². The first-order valence-corrected chi connectivity index (χ1v) is 7.77. The molecule has 10 nitrogen and oxygen atoms in total. The van der Waals surface area contributed by atoms with E-state index in [1.165, 1.54) is 6.07 Å². The number of amides is 1. The Morgan fingerprint density at radius 2 is 1.92 bits per heavy atom. The Labute approximate surface area is 149 Å². The molecular weight excluding hydrogens is 348 g/mol.